The van der Waals surface area contributed by atoms with Crippen molar-refractivity contribution in [3.63, 3.8) is 0 Å². The molecule has 0 amide bonds. The Morgan fingerprint density at radius 2 is 1.75 bits per heavy atom. The van der Waals surface area contributed by atoms with Gasteiger partial charge in [0.15, 0.2) is 5.96 Å². The topological polar surface area (TPSA) is 64.1 Å². The number of hydrogen-bond donors (Lipinski definition) is 2. The quantitative estimate of drug-likeness (QED) is 0.353. The van der Waals surface area contributed by atoms with E-state index in [1.165, 1.54) is 0 Å². The lowest BCUT2D eigenvalue weighted by molar-refractivity contribution is 0.119. The number of ether oxygens (including phenoxy) is 3. The van der Waals surface area contributed by atoms with E-state index in [1.807, 2.05) is 48.5 Å². The van der Waals surface area contributed by atoms with E-state index < -0.39 is 0 Å². The summed E-state index contributed by atoms with van der Waals surface area (Å²) in [6.07, 6.45) is 0.898. The van der Waals surface area contributed by atoms with Crippen molar-refractivity contribution < 1.29 is 14.2 Å². The SMILES string of the molecule is CCNC(=NCc1ccccc1OC)NCCCOCc1ccc(OC)cc1. The van der Waals surface area contributed by atoms with Gasteiger partial charge in [-0.25, -0.2) is 4.99 Å². The standard InChI is InChI=1S/C22H31N3O3/c1-4-23-22(25-16-19-8-5-6-9-21(19)27-3)24-14-7-15-28-17-18-10-12-20(26-2)13-11-18/h5-6,8-13H,4,7,14-17H2,1-3H3,(H2,23,24,25). The van der Waals surface area contributed by atoms with Crippen LogP contribution >= 0.6 is 0 Å². The van der Waals surface area contributed by atoms with E-state index in [0.29, 0.717) is 19.8 Å². The van der Waals surface area contributed by atoms with Crippen molar-refractivity contribution in [2.75, 3.05) is 33.9 Å². The first-order chi connectivity index (χ1) is 13.8. The molecule has 0 aliphatic carbocycles. The van der Waals surface area contributed by atoms with Crippen molar-refractivity contribution in [3.8, 4) is 11.5 Å². The summed E-state index contributed by atoms with van der Waals surface area (Å²) in [5.41, 5.74) is 2.20. The summed E-state index contributed by atoms with van der Waals surface area (Å²) in [6.45, 7) is 5.51. The molecule has 0 radical (unpaired) electrons. The first kappa shape index (κ1) is 21.6. The molecule has 6 nitrogen and oxygen atoms in total. The number of hydrogen-bond acceptors (Lipinski definition) is 4. The van der Waals surface area contributed by atoms with Crippen LogP contribution in [0.25, 0.3) is 0 Å². The van der Waals surface area contributed by atoms with Crippen molar-refractivity contribution >= 4 is 5.96 Å². The molecular formula is C22H31N3O3. The second-order valence-corrected chi connectivity index (χ2v) is 6.19. The molecule has 2 N–H and O–H groups in total. The van der Waals surface area contributed by atoms with E-state index in [4.69, 9.17) is 14.2 Å². The van der Waals surface area contributed by atoms with Gasteiger partial charge in [-0.2, -0.15) is 0 Å². The third-order valence-corrected chi connectivity index (χ3v) is 4.13. The minimum Gasteiger partial charge on any atom is -0.497 e. The molecule has 0 saturated heterocycles. The minimum atomic E-state index is 0.563. The molecule has 2 aromatic rings. The van der Waals surface area contributed by atoms with Gasteiger partial charge in [-0.05, 0) is 37.1 Å². The highest BCUT2D eigenvalue weighted by Gasteiger charge is 2.02. The maximum Gasteiger partial charge on any atom is 0.191 e. The van der Waals surface area contributed by atoms with Crippen LogP contribution in [0.3, 0.4) is 0 Å². The van der Waals surface area contributed by atoms with Gasteiger partial charge in [-0.1, -0.05) is 30.3 Å². The van der Waals surface area contributed by atoms with Gasteiger partial charge in [0.25, 0.3) is 0 Å². The number of nitrogens with zero attached hydrogens (tertiary/aromatic N) is 1. The van der Waals surface area contributed by atoms with Crippen LogP contribution in [-0.4, -0.2) is 39.9 Å². The van der Waals surface area contributed by atoms with Crippen molar-refractivity contribution in [2.45, 2.75) is 26.5 Å². The van der Waals surface area contributed by atoms with Gasteiger partial charge in [0.2, 0.25) is 0 Å². The lowest BCUT2D eigenvalue weighted by atomic mass is 10.2. The molecule has 0 atom stereocenters. The Hall–Kier alpha value is -2.73. The molecular weight excluding hydrogens is 354 g/mol. The molecule has 0 aliphatic rings. The number of methoxy groups -OCH3 is 2. The first-order valence-electron chi connectivity index (χ1n) is 9.61. The zero-order chi connectivity index (χ0) is 20.0. The molecule has 0 unspecified atom stereocenters. The summed E-state index contributed by atoms with van der Waals surface area (Å²) in [7, 11) is 3.34. The van der Waals surface area contributed by atoms with Crippen LogP contribution in [0, 0.1) is 0 Å². The van der Waals surface area contributed by atoms with E-state index in [2.05, 4.69) is 22.5 Å². The number of rotatable bonds is 11. The summed E-state index contributed by atoms with van der Waals surface area (Å²) >= 11 is 0. The maximum atomic E-state index is 5.74. The zero-order valence-corrected chi connectivity index (χ0v) is 17.0. The Morgan fingerprint density at radius 3 is 2.46 bits per heavy atom. The maximum absolute atomic E-state index is 5.74. The van der Waals surface area contributed by atoms with E-state index in [-0.39, 0.29) is 0 Å². The molecule has 0 aromatic heterocycles. The lowest BCUT2D eigenvalue weighted by Crippen LogP contribution is -2.38. The van der Waals surface area contributed by atoms with Gasteiger partial charge in [-0.3, -0.25) is 0 Å². The summed E-state index contributed by atoms with van der Waals surface area (Å²) in [4.78, 5) is 4.64. The number of benzene rings is 2. The van der Waals surface area contributed by atoms with Crippen LogP contribution in [-0.2, 0) is 17.9 Å². The summed E-state index contributed by atoms with van der Waals surface area (Å²) in [5.74, 6) is 2.51. The van der Waals surface area contributed by atoms with Crippen molar-refractivity contribution in [1.82, 2.24) is 10.6 Å². The third-order valence-electron chi connectivity index (χ3n) is 4.13. The monoisotopic (exact) mass is 385 g/mol. The van der Waals surface area contributed by atoms with Crippen LogP contribution in [0.4, 0.5) is 0 Å². The largest absolute Gasteiger partial charge is 0.497 e. The summed E-state index contributed by atoms with van der Waals surface area (Å²) in [6, 6.07) is 15.9. The highest BCUT2D eigenvalue weighted by Crippen LogP contribution is 2.17. The highest BCUT2D eigenvalue weighted by atomic mass is 16.5. The molecule has 0 aliphatic heterocycles. The Balaban J connectivity index is 1.70. The van der Waals surface area contributed by atoms with Crippen LogP contribution in [0.15, 0.2) is 53.5 Å². The second-order valence-electron chi connectivity index (χ2n) is 6.19. The Labute approximate surface area is 167 Å². The third kappa shape index (κ3) is 7.48. The molecule has 152 valence electrons. The molecule has 2 rings (SSSR count). The number of para-hydroxylation sites is 1. The van der Waals surface area contributed by atoms with Gasteiger partial charge < -0.3 is 24.8 Å². The van der Waals surface area contributed by atoms with Gasteiger partial charge >= 0.3 is 0 Å². The predicted molar refractivity (Wildman–Crippen MR) is 113 cm³/mol. The average Bonchev–Trinajstić information content (AvgIpc) is 2.74. The average molecular weight is 386 g/mol. The molecule has 0 spiro atoms. The Bertz CT molecular complexity index is 717. The number of guanidine groups is 1. The van der Waals surface area contributed by atoms with Gasteiger partial charge in [-0.15, -0.1) is 0 Å². The van der Waals surface area contributed by atoms with Gasteiger partial charge in [0, 0.05) is 25.3 Å². The van der Waals surface area contributed by atoms with Crippen molar-refractivity contribution in [3.05, 3.63) is 59.7 Å². The molecule has 28 heavy (non-hydrogen) atoms. The fourth-order valence-electron chi connectivity index (χ4n) is 2.63. The lowest BCUT2D eigenvalue weighted by Gasteiger charge is -2.12. The number of nitrogens with one attached hydrogen (secondary N) is 2. The van der Waals surface area contributed by atoms with E-state index in [0.717, 1.165) is 48.1 Å². The fraction of sp³-hybridized carbons (Fsp3) is 0.409. The molecule has 6 heteroatoms. The molecule has 0 heterocycles. The highest BCUT2D eigenvalue weighted by molar-refractivity contribution is 5.79. The Morgan fingerprint density at radius 1 is 0.964 bits per heavy atom. The van der Waals surface area contributed by atoms with Gasteiger partial charge in [0.05, 0.1) is 27.4 Å². The van der Waals surface area contributed by atoms with Crippen molar-refractivity contribution in [1.29, 1.82) is 0 Å². The smallest absolute Gasteiger partial charge is 0.191 e. The fourth-order valence-corrected chi connectivity index (χ4v) is 2.63. The molecule has 2 aromatic carbocycles. The zero-order valence-electron chi connectivity index (χ0n) is 17.0. The normalized spacial score (nSPS) is 11.2. The van der Waals surface area contributed by atoms with E-state index >= 15 is 0 Å². The van der Waals surface area contributed by atoms with Crippen LogP contribution in [0.2, 0.25) is 0 Å². The van der Waals surface area contributed by atoms with Crippen LogP contribution in [0.5, 0.6) is 11.5 Å². The first-order valence-corrected chi connectivity index (χ1v) is 9.61. The molecule has 0 fully saturated rings. The van der Waals surface area contributed by atoms with E-state index in [9.17, 15) is 0 Å². The predicted octanol–water partition coefficient (Wildman–Crippen LogP) is 3.37. The second kappa shape index (κ2) is 12.6. The minimum absolute atomic E-state index is 0.563. The van der Waals surface area contributed by atoms with Crippen LogP contribution < -0.4 is 20.1 Å². The Kier molecular flexibility index (Phi) is 9.72. The number of aliphatic imine (C=N–C) groups is 1. The summed E-state index contributed by atoms with van der Waals surface area (Å²) < 4.78 is 16.3. The van der Waals surface area contributed by atoms with Gasteiger partial charge in [0.1, 0.15) is 11.5 Å². The van der Waals surface area contributed by atoms with Crippen molar-refractivity contribution in [2.24, 2.45) is 4.99 Å². The molecule has 0 bridgehead atoms. The molecule has 0 saturated carbocycles. The van der Waals surface area contributed by atoms with E-state index in [1.54, 1.807) is 14.2 Å². The summed E-state index contributed by atoms with van der Waals surface area (Å²) in [5, 5.41) is 6.61. The van der Waals surface area contributed by atoms with Crippen LogP contribution in [0.1, 0.15) is 24.5 Å².